The van der Waals surface area contributed by atoms with Crippen LogP contribution in [0.3, 0.4) is 0 Å². The van der Waals surface area contributed by atoms with Crippen LogP contribution in [-0.2, 0) is 6.54 Å². The lowest BCUT2D eigenvalue weighted by atomic mass is 10.2. The van der Waals surface area contributed by atoms with Crippen LogP contribution >= 0.6 is 11.3 Å². The number of hydrogen-bond donors (Lipinski definition) is 1. The van der Waals surface area contributed by atoms with E-state index in [1.54, 1.807) is 23.6 Å². The topological polar surface area (TPSA) is 37.8 Å². The molecule has 90 valence electrons. The van der Waals surface area contributed by atoms with E-state index >= 15 is 0 Å². The first-order chi connectivity index (χ1) is 8.81. The molecule has 2 aromatic heterocycles. The molecule has 0 spiro atoms. The fraction of sp³-hybridized carbons (Fsp3) is 0.0769. The molecule has 0 bridgehead atoms. The Kier molecular flexibility index (Phi) is 2.90. The quantitative estimate of drug-likeness (QED) is 0.783. The van der Waals surface area contributed by atoms with E-state index in [0.717, 1.165) is 21.0 Å². The zero-order valence-corrected chi connectivity index (χ0v) is 10.2. The molecule has 0 saturated carbocycles. The van der Waals surface area contributed by atoms with Gasteiger partial charge in [0.25, 0.3) is 0 Å². The van der Waals surface area contributed by atoms with Crippen molar-refractivity contribution in [3.05, 3.63) is 54.0 Å². The minimum Gasteiger partial charge on any atom is -0.357 e. The van der Waals surface area contributed by atoms with E-state index in [2.05, 4.69) is 15.3 Å². The number of anilines is 1. The van der Waals surface area contributed by atoms with Crippen LogP contribution in [0.5, 0.6) is 0 Å². The summed E-state index contributed by atoms with van der Waals surface area (Å²) in [4.78, 5) is 8.52. The van der Waals surface area contributed by atoms with Gasteiger partial charge in [-0.3, -0.25) is 0 Å². The summed E-state index contributed by atoms with van der Waals surface area (Å²) in [5.41, 5.74) is 1.63. The number of thiazole rings is 1. The summed E-state index contributed by atoms with van der Waals surface area (Å²) in [5.74, 6) is -0.222. The Morgan fingerprint density at radius 1 is 1.22 bits per heavy atom. The molecule has 0 aliphatic heterocycles. The molecule has 3 nitrogen and oxygen atoms in total. The van der Waals surface area contributed by atoms with Gasteiger partial charge in [-0.15, -0.1) is 0 Å². The first-order valence-electron chi connectivity index (χ1n) is 5.51. The molecule has 0 saturated heterocycles. The molecule has 0 aliphatic rings. The van der Waals surface area contributed by atoms with Crippen molar-refractivity contribution in [2.24, 2.45) is 0 Å². The largest absolute Gasteiger partial charge is 0.357 e. The van der Waals surface area contributed by atoms with Gasteiger partial charge in [-0.1, -0.05) is 23.5 Å². The Balaban J connectivity index is 1.76. The molecular weight excluding hydrogens is 249 g/mol. The second-order valence-electron chi connectivity index (χ2n) is 3.83. The molecule has 0 amide bonds. The summed E-state index contributed by atoms with van der Waals surface area (Å²) in [7, 11) is 0. The number of aromatic nitrogens is 2. The van der Waals surface area contributed by atoms with Crippen molar-refractivity contribution >= 4 is 26.8 Å². The second kappa shape index (κ2) is 4.70. The number of rotatable bonds is 3. The van der Waals surface area contributed by atoms with E-state index < -0.39 is 0 Å². The van der Waals surface area contributed by atoms with Crippen molar-refractivity contribution in [1.29, 1.82) is 0 Å². The highest BCUT2D eigenvalue weighted by Crippen LogP contribution is 2.24. The van der Waals surface area contributed by atoms with Gasteiger partial charge in [0.05, 0.1) is 4.70 Å². The van der Waals surface area contributed by atoms with E-state index in [9.17, 15) is 4.39 Å². The fourth-order valence-electron chi connectivity index (χ4n) is 1.67. The summed E-state index contributed by atoms with van der Waals surface area (Å²) >= 11 is 1.54. The van der Waals surface area contributed by atoms with E-state index in [4.69, 9.17) is 0 Å². The first kappa shape index (κ1) is 11.1. The maximum Gasteiger partial charge on any atom is 0.185 e. The summed E-state index contributed by atoms with van der Waals surface area (Å²) < 4.78 is 14.1. The molecule has 0 radical (unpaired) electrons. The molecular formula is C13H10FN3S. The van der Waals surface area contributed by atoms with Crippen molar-refractivity contribution < 1.29 is 4.39 Å². The summed E-state index contributed by atoms with van der Waals surface area (Å²) in [6.45, 7) is 0.553. The third kappa shape index (κ3) is 2.31. The monoisotopic (exact) mass is 259 g/mol. The molecule has 1 N–H and O–H groups in total. The Hall–Kier alpha value is -2.01. The van der Waals surface area contributed by atoms with Gasteiger partial charge in [-0.2, -0.15) is 0 Å². The van der Waals surface area contributed by atoms with Gasteiger partial charge in [-0.25, -0.2) is 14.4 Å². The van der Waals surface area contributed by atoms with Gasteiger partial charge < -0.3 is 5.32 Å². The Morgan fingerprint density at radius 3 is 3.00 bits per heavy atom. The number of halogens is 1. The molecule has 0 fully saturated rings. The van der Waals surface area contributed by atoms with Gasteiger partial charge in [0.2, 0.25) is 0 Å². The van der Waals surface area contributed by atoms with Crippen LogP contribution in [0, 0.1) is 5.82 Å². The van der Waals surface area contributed by atoms with Crippen molar-refractivity contribution in [1.82, 2.24) is 9.97 Å². The van der Waals surface area contributed by atoms with Crippen molar-refractivity contribution in [3.8, 4) is 0 Å². The molecule has 1 aromatic carbocycles. The van der Waals surface area contributed by atoms with Crippen LogP contribution in [0.2, 0.25) is 0 Å². The third-order valence-electron chi connectivity index (χ3n) is 2.50. The minimum absolute atomic E-state index is 0.222. The number of nitrogens with one attached hydrogen (secondary N) is 1. The SMILES string of the molecule is Fc1cccc(CNc2nc3ncccc3s2)c1. The number of fused-ring (bicyclic) bond motifs is 1. The normalized spacial score (nSPS) is 10.7. The standard InChI is InChI=1S/C13H10FN3S/c14-10-4-1-3-9(7-10)8-16-13-17-12-11(18-13)5-2-6-15-12/h1-7H,8H2,(H,15,16,17). The summed E-state index contributed by atoms with van der Waals surface area (Å²) in [6.07, 6.45) is 1.72. The summed E-state index contributed by atoms with van der Waals surface area (Å²) in [5, 5.41) is 3.98. The van der Waals surface area contributed by atoms with Crippen molar-refractivity contribution in [2.45, 2.75) is 6.54 Å². The second-order valence-corrected chi connectivity index (χ2v) is 4.86. The molecule has 5 heteroatoms. The van der Waals surface area contributed by atoms with E-state index in [1.165, 1.54) is 12.1 Å². The Labute approximate surface area is 107 Å². The van der Waals surface area contributed by atoms with E-state index in [0.29, 0.717) is 6.54 Å². The smallest absolute Gasteiger partial charge is 0.185 e. The van der Waals surface area contributed by atoms with Crippen LogP contribution in [0.4, 0.5) is 9.52 Å². The van der Waals surface area contributed by atoms with E-state index in [-0.39, 0.29) is 5.82 Å². The number of hydrogen-bond acceptors (Lipinski definition) is 4. The maximum absolute atomic E-state index is 13.0. The van der Waals surface area contributed by atoms with Crippen molar-refractivity contribution in [3.63, 3.8) is 0 Å². The van der Waals surface area contributed by atoms with Gasteiger partial charge >= 0.3 is 0 Å². The van der Waals surface area contributed by atoms with Gasteiger partial charge in [0.1, 0.15) is 5.82 Å². The Bertz CT molecular complexity index is 648. The molecule has 0 atom stereocenters. The molecule has 0 unspecified atom stereocenters. The lowest BCUT2D eigenvalue weighted by Gasteiger charge is -2.02. The highest BCUT2D eigenvalue weighted by atomic mass is 32.1. The summed E-state index contributed by atoms with van der Waals surface area (Å²) in [6, 6.07) is 10.4. The molecule has 3 aromatic rings. The predicted octanol–water partition coefficient (Wildman–Crippen LogP) is 3.44. The van der Waals surface area contributed by atoms with Crippen LogP contribution in [0.1, 0.15) is 5.56 Å². The molecule has 3 rings (SSSR count). The molecule has 0 aliphatic carbocycles. The van der Waals surface area contributed by atoms with Crippen LogP contribution in [-0.4, -0.2) is 9.97 Å². The molecule has 2 heterocycles. The van der Waals surface area contributed by atoms with Gasteiger partial charge in [0, 0.05) is 12.7 Å². The van der Waals surface area contributed by atoms with Crippen LogP contribution < -0.4 is 5.32 Å². The average Bonchev–Trinajstić information content (AvgIpc) is 2.79. The number of pyridine rings is 1. The zero-order valence-electron chi connectivity index (χ0n) is 9.43. The zero-order chi connectivity index (χ0) is 12.4. The number of benzene rings is 1. The molecule has 18 heavy (non-hydrogen) atoms. The van der Waals surface area contributed by atoms with E-state index in [1.807, 2.05) is 18.2 Å². The Morgan fingerprint density at radius 2 is 2.17 bits per heavy atom. The van der Waals surface area contributed by atoms with Crippen molar-refractivity contribution in [2.75, 3.05) is 5.32 Å². The third-order valence-corrected chi connectivity index (χ3v) is 3.47. The lowest BCUT2D eigenvalue weighted by Crippen LogP contribution is -1.98. The van der Waals surface area contributed by atoms with Gasteiger partial charge in [-0.05, 0) is 29.8 Å². The van der Waals surface area contributed by atoms with Gasteiger partial charge in [0.15, 0.2) is 10.8 Å². The van der Waals surface area contributed by atoms with Crippen LogP contribution in [0.25, 0.3) is 10.3 Å². The highest BCUT2D eigenvalue weighted by molar-refractivity contribution is 7.22. The average molecular weight is 259 g/mol. The van der Waals surface area contributed by atoms with Crippen LogP contribution in [0.15, 0.2) is 42.6 Å². The predicted molar refractivity (Wildman–Crippen MR) is 71.1 cm³/mol. The number of nitrogens with zero attached hydrogens (tertiary/aromatic N) is 2. The maximum atomic E-state index is 13.0. The highest BCUT2D eigenvalue weighted by Gasteiger charge is 2.03. The first-order valence-corrected chi connectivity index (χ1v) is 6.33. The minimum atomic E-state index is -0.222. The lowest BCUT2D eigenvalue weighted by molar-refractivity contribution is 0.626. The fourth-order valence-corrected chi connectivity index (χ4v) is 2.49.